The molecule has 0 aromatic heterocycles. The van der Waals surface area contributed by atoms with Gasteiger partial charge in [-0.25, -0.2) is 0 Å². The Morgan fingerprint density at radius 3 is 2.50 bits per heavy atom. The first-order valence-electron chi connectivity index (χ1n) is 1.88. The predicted molar refractivity (Wildman–Crippen MR) is 36.6 cm³/mol. The minimum Gasteiger partial charge on any atom is -0.111 e. The summed E-state index contributed by atoms with van der Waals surface area (Å²) in [7, 11) is 6.71. The summed E-state index contributed by atoms with van der Waals surface area (Å²) < 4.78 is 0. The van der Waals surface area contributed by atoms with Crippen LogP contribution < -0.4 is 0 Å². The molecule has 0 aliphatic rings. The Labute approximate surface area is 49.3 Å². The maximum atomic E-state index is 5.17. The van der Waals surface area contributed by atoms with E-state index in [0.717, 1.165) is 18.5 Å². The average Bonchev–Trinajstić information content (AvgIpc) is 1.61. The molecule has 0 saturated heterocycles. The molecule has 0 aliphatic carbocycles. The molecule has 0 nitrogen and oxygen atoms in total. The molecule has 0 atom stereocenters. The van der Waals surface area contributed by atoms with E-state index in [4.69, 9.17) is 7.85 Å². The second kappa shape index (κ2) is 5.76. The Balaban J connectivity index is 2.34. The van der Waals surface area contributed by atoms with E-state index in [9.17, 15) is 0 Å². The molecule has 0 aromatic rings. The van der Waals surface area contributed by atoms with E-state index in [-0.39, 0.29) is 0 Å². The van der Waals surface area contributed by atoms with Gasteiger partial charge >= 0.3 is 0 Å². The van der Waals surface area contributed by atoms with Crippen molar-refractivity contribution in [2.75, 3.05) is 5.75 Å². The smallest absolute Gasteiger partial charge is 0.0653 e. The molecule has 6 heavy (non-hydrogen) atoms. The van der Waals surface area contributed by atoms with E-state index in [1.165, 1.54) is 0 Å². The van der Waals surface area contributed by atoms with Crippen molar-refractivity contribution in [2.24, 2.45) is 0 Å². The molecule has 3 heteroatoms. The van der Waals surface area contributed by atoms with E-state index >= 15 is 0 Å². The Morgan fingerprint density at radius 1 is 1.67 bits per heavy atom. The number of rotatable bonds is 3. The van der Waals surface area contributed by atoms with Crippen LogP contribution in [0.1, 0.15) is 6.42 Å². The molecule has 0 N–H and O–H groups in total. The van der Waals surface area contributed by atoms with Gasteiger partial charge in [-0.15, -0.1) is 11.7 Å². The summed E-state index contributed by atoms with van der Waals surface area (Å²) >= 11 is 3.92. The zero-order chi connectivity index (χ0) is 4.83. The lowest BCUT2D eigenvalue weighted by atomic mass is 10.0. The first-order valence-corrected chi connectivity index (χ1v) is 3.92. The highest BCUT2D eigenvalue weighted by atomic mass is 33.1. The monoisotopic (exact) mass is 118 g/mol. The molecule has 2 radical (unpaired) electrons. The summed E-state index contributed by atoms with van der Waals surface area (Å²) in [6.07, 6.45) is 1.86. The first-order chi connectivity index (χ1) is 2.91. The summed E-state index contributed by atoms with van der Waals surface area (Å²) in [5, 5.41) is 0. The maximum absolute atomic E-state index is 5.17. The van der Waals surface area contributed by atoms with Crippen LogP contribution in [0.4, 0.5) is 0 Å². The van der Waals surface area contributed by atoms with Gasteiger partial charge in [0.1, 0.15) is 0 Å². The molecule has 0 rings (SSSR count). The van der Waals surface area contributed by atoms with E-state index in [2.05, 4.69) is 11.7 Å². The summed E-state index contributed by atoms with van der Waals surface area (Å²) in [6.45, 7) is 0. The zero-order valence-corrected chi connectivity index (χ0v) is 5.27. The highest BCUT2D eigenvalue weighted by Gasteiger charge is 1.76. The summed E-state index contributed by atoms with van der Waals surface area (Å²) in [5.74, 6) is 1.07. The number of hydrogen-bond acceptors (Lipinski definition) is 2. The van der Waals surface area contributed by atoms with Crippen LogP contribution in [-0.2, 0) is 0 Å². The third-order valence-corrected chi connectivity index (χ3v) is 1.46. The largest absolute Gasteiger partial charge is 0.111 e. The van der Waals surface area contributed by atoms with Gasteiger partial charge in [0.2, 0.25) is 0 Å². The van der Waals surface area contributed by atoms with E-state index in [1.807, 2.05) is 0 Å². The maximum Gasteiger partial charge on any atom is 0.0653 e. The molecule has 0 aromatic carbocycles. The number of thiol groups is 1. The Bertz CT molecular complexity index is 20.8. The molecular weight excluding hydrogens is 111 g/mol. The lowest BCUT2D eigenvalue weighted by Gasteiger charge is -1.85. The highest BCUT2D eigenvalue weighted by molar-refractivity contribution is 8.68. The van der Waals surface area contributed by atoms with Crippen molar-refractivity contribution in [2.45, 2.75) is 12.7 Å². The lowest BCUT2D eigenvalue weighted by molar-refractivity contribution is 1.10. The molecule has 0 fully saturated rings. The van der Waals surface area contributed by atoms with Gasteiger partial charge in [0.05, 0.1) is 7.85 Å². The van der Waals surface area contributed by atoms with Crippen LogP contribution in [0.5, 0.6) is 0 Å². The molecule has 34 valence electrons. The van der Waals surface area contributed by atoms with Crippen molar-refractivity contribution in [1.82, 2.24) is 0 Å². The van der Waals surface area contributed by atoms with Crippen LogP contribution in [0.25, 0.3) is 0 Å². The van der Waals surface area contributed by atoms with Gasteiger partial charge < -0.3 is 0 Å². The second-order valence-electron chi connectivity index (χ2n) is 0.975. The Morgan fingerprint density at radius 2 is 2.33 bits per heavy atom. The molecule has 0 amide bonds. The predicted octanol–water partition coefficient (Wildman–Crippen LogP) is 1.54. The van der Waals surface area contributed by atoms with Gasteiger partial charge in [-0.1, -0.05) is 23.5 Å². The van der Waals surface area contributed by atoms with E-state index in [1.54, 1.807) is 10.8 Å². The summed E-state index contributed by atoms with van der Waals surface area (Å²) in [4.78, 5) is 0. The SMILES string of the molecule is [B]CCCSS. The molecule has 0 saturated carbocycles. The van der Waals surface area contributed by atoms with Gasteiger partial charge in [0.25, 0.3) is 0 Å². The third kappa shape index (κ3) is 4.76. The first kappa shape index (κ1) is 6.76. The summed E-state index contributed by atoms with van der Waals surface area (Å²) in [6, 6.07) is 0. The van der Waals surface area contributed by atoms with Crippen LogP contribution in [0.15, 0.2) is 0 Å². The van der Waals surface area contributed by atoms with Crippen molar-refractivity contribution < 1.29 is 0 Å². The normalized spacial score (nSPS) is 8.83. The van der Waals surface area contributed by atoms with Crippen LogP contribution in [-0.4, -0.2) is 13.6 Å². The van der Waals surface area contributed by atoms with Gasteiger partial charge in [0, 0.05) is 5.75 Å². The van der Waals surface area contributed by atoms with Crippen LogP contribution >= 0.6 is 22.5 Å². The third-order valence-electron chi connectivity index (χ3n) is 0.440. The van der Waals surface area contributed by atoms with Crippen LogP contribution in [0, 0.1) is 0 Å². The van der Waals surface area contributed by atoms with Crippen LogP contribution in [0.2, 0.25) is 6.32 Å². The van der Waals surface area contributed by atoms with E-state index < -0.39 is 0 Å². The molecule has 0 aliphatic heterocycles. The molecule has 0 bridgehead atoms. The minimum atomic E-state index is 0.785. The van der Waals surface area contributed by atoms with Crippen molar-refractivity contribution >= 4 is 30.3 Å². The molecule has 0 spiro atoms. The van der Waals surface area contributed by atoms with Gasteiger partial charge in [0.15, 0.2) is 0 Å². The molecular formula is C3H7BS2. The fourth-order valence-electron chi connectivity index (χ4n) is 0.148. The van der Waals surface area contributed by atoms with Crippen molar-refractivity contribution in [3.8, 4) is 0 Å². The van der Waals surface area contributed by atoms with E-state index in [0.29, 0.717) is 0 Å². The Kier molecular flexibility index (Phi) is 6.50. The van der Waals surface area contributed by atoms with Gasteiger partial charge in [-0.3, -0.25) is 0 Å². The molecule has 0 heterocycles. The second-order valence-corrected chi connectivity index (χ2v) is 2.42. The number of hydrogen-bond donors (Lipinski definition) is 1. The fraction of sp³-hybridized carbons (Fsp3) is 1.00. The van der Waals surface area contributed by atoms with Crippen molar-refractivity contribution in [3.05, 3.63) is 0 Å². The fourth-order valence-corrected chi connectivity index (χ4v) is 0.831. The van der Waals surface area contributed by atoms with Gasteiger partial charge in [-0.05, 0) is 0 Å². The molecule has 0 unspecified atom stereocenters. The quantitative estimate of drug-likeness (QED) is 0.254. The average molecular weight is 118 g/mol. The van der Waals surface area contributed by atoms with Crippen molar-refractivity contribution in [3.63, 3.8) is 0 Å². The zero-order valence-electron chi connectivity index (χ0n) is 3.55. The minimum absolute atomic E-state index is 0.785. The van der Waals surface area contributed by atoms with Crippen molar-refractivity contribution in [1.29, 1.82) is 0 Å². The van der Waals surface area contributed by atoms with Gasteiger partial charge in [-0.2, -0.15) is 0 Å². The highest BCUT2D eigenvalue weighted by Crippen LogP contribution is 2.06. The summed E-state index contributed by atoms with van der Waals surface area (Å²) in [5.41, 5.74) is 0. The topological polar surface area (TPSA) is 0 Å². The van der Waals surface area contributed by atoms with Crippen LogP contribution in [0.3, 0.4) is 0 Å². The lowest BCUT2D eigenvalue weighted by Crippen LogP contribution is -1.71. The Hall–Kier alpha value is 0.765. The standard InChI is InChI=1S/C3H7BS2/c4-2-1-3-6-5/h5H,1-3H2.